The number of carbonyl (C=O) groups is 2. The fraction of sp³-hybridized carbons (Fsp3) is 0.600. The SMILES string of the molecule is CCSCC1=CN2C(=O)C(N)[C@H]2SC1C(=O)O. The van der Waals surface area contributed by atoms with Gasteiger partial charge in [0.15, 0.2) is 0 Å². The maximum atomic E-state index is 11.5. The Kier molecular flexibility index (Phi) is 3.70. The van der Waals surface area contributed by atoms with E-state index in [9.17, 15) is 14.7 Å². The molecule has 2 heterocycles. The summed E-state index contributed by atoms with van der Waals surface area (Å²) in [7, 11) is 0. The molecular formula is C10H14N2O3S2. The lowest BCUT2D eigenvalue weighted by molar-refractivity contribution is -0.141. The lowest BCUT2D eigenvalue weighted by atomic mass is 10.1. The minimum Gasteiger partial charge on any atom is -0.480 e. The molecule has 1 amide bonds. The topological polar surface area (TPSA) is 83.6 Å². The smallest absolute Gasteiger partial charge is 0.321 e. The van der Waals surface area contributed by atoms with Crippen LogP contribution in [0, 0.1) is 0 Å². The molecule has 1 fully saturated rings. The van der Waals surface area contributed by atoms with Gasteiger partial charge in [0, 0.05) is 12.0 Å². The predicted molar refractivity (Wildman–Crippen MR) is 68.7 cm³/mol. The second kappa shape index (κ2) is 4.91. The molecule has 0 saturated carbocycles. The Bertz CT molecular complexity index is 386. The van der Waals surface area contributed by atoms with Crippen molar-refractivity contribution in [2.24, 2.45) is 5.73 Å². The van der Waals surface area contributed by atoms with Gasteiger partial charge in [0.25, 0.3) is 0 Å². The second-order valence-corrected chi connectivity index (χ2v) is 6.36. The average molecular weight is 274 g/mol. The van der Waals surface area contributed by atoms with Gasteiger partial charge >= 0.3 is 5.97 Å². The molecule has 0 aromatic rings. The molecule has 0 aromatic carbocycles. The van der Waals surface area contributed by atoms with Crippen LogP contribution in [0.2, 0.25) is 0 Å². The first kappa shape index (κ1) is 12.8. The summed E-state index contributed by atoms with van der Waals surface area (Å²) in [6.45, 7) is 2.02. The molecule has 0 aromatic heterocycles. The van der Waals surface area contributed by atoms with Gasteiger partial charge in [0.2, 0.25) is 5.91 Å². The number of hydrogen-bond donors (Lipinski definition) is 2. The van der Waals surface area contributed by atoms with E-state index in [1.807, 2.05) is 6.92 Å². The van der Waals surface area contributed by atoms with E-state index < -0.39 is 17.3 Å². The first-order valence-corrected chi connectivity index (χ1v) is 7.40. The maximum Gasteiger partial charge on any atom is 0.321 e. The van der Waals surface area contributed by atoms with Gasteiger partial charge in [-0.1, -0.05) is 6.92 Å². The van der Waals surface area contributed by atoms with Crippen LogP contribution in [0.4, 0.5) is 0 Å². The van der Waals surface area contributed by atoms with Gasteiger partial charge in [-0.05, 0) is 11.3 Å². The van der Waals surface area contributed by atoms with Crippen LogP contribution >= 0.6 is 23.5 Å². The highest BCUT2D eigenvalue weighted by atomic mass is 32.2. The van der Waals surface area contributed by atoms with Crippen molar-refractivity contribution in [2.45, 2.75) is 23.6 Å². The largest absolute Gasteiger partial charge is 0.480 e. The van der Waals surface area contributed by atoms with E-state index in [0.29, 0.717) is 5.75 Å². The van der Waals surface area contributed by atoms with E-state index in [1.165, 1.54) is 11.8 Å². The second-order valence-electron chi connectivity index (χ2n) is 3.86. The van der Waals surface area contributed by atoms with Crippen molar-refractivity contribution in [2.75, 3.05) is 11.5 Å². The number of thioether (sulfide) groups is 2. The number of carbonyl (C=O) groups excluding carboxylic acids is 1. The van der Waals surface area contributed by atoms with Crippen molar-refractivity contribution in [3.63, 3.8) is 0 Å². The normalized spacial score (nSPS) is 31.6. The van der Waals surface area contributed by atoms with Gasteiger partial charge in [0.1, 0.15) is 16.7 Å². The molecule has 7 heteroatoms. The summed E-state index contributed by atoms with van der Waals surface area (Å²) in [6, 6.07) is -0.557. The lowest BCUT2D eigenvalue weighted by Crippen LogP contribution is -2.67. The summed E-state index contributed by atoms with van der Waals surface area (Å²) in [5, 5.41) is 8.39. The first-order valence-electron chi connectivity index (χ1n) is 5.30. The van der Waals surface area contributed by atoms with Gasteiger partial charge in [-0.2, -0.15) is 11.8 Å². The lowest BCUT2D eigenvalue weighted by Gasteiger charge is -2.47. The summed E-state index contributed by atoms with van der Waals surface area (Å²) in [5.41, 5.74) is 6.43. The number of nitrogens with two attached hydrogens (primary N) is 1. The van der Waals surface area contributed by atoms with E-state index in [1.54, 1.807) is 22.9 Å². The fourth-order valence-electron chi connectivity index (χ4n) is 1.82. The number of amides is 1. The number of aliphatic carboxylic acids is 1. The fourth-order valence-corrected chi connectivity index (χ4v) is 3.90. The monoisotopic (exact) mass is 274 g/mol. The van der Waals surface area contributed by atoms with E-state index in [2.05, 4.69) is 0 Å². The van der Waals surface area contributed by atoms with E-state index in [4.69, 9.17) is 5.73 Å². The predicted octanol–water partition coefficient (Wildman–Crippen LogP) is 0.319. The van der Waals surface area contributed by atoms with Crippen LogP contribution in [0.15, 0.2) is 11.8 Å². The van der Waals surface area contributed by atoms with Crippen LogP contribution in [0.25, 0.3) is 0 Å². The van der Waals surface area contributed by atoms with Crippen molar-refractivity contribution in [1.82, 2.24) is 4.90 Å². The Morgan fingerprint density at radius 2 is 2.41 bits per heavy atom. The minimum atomic E-state index is -0.857. The van der Waals surface area contributed by atoms with Gasteiger partial charge in [-0.15, -0.1) is 11.8 Å². The van der Waals surface area contributed by atoms with Gasteiger partial charge < -0.3 is 15.7 Å². The summed E-state index contributed by atoms with van der Waals surface area (Å²) in [4.78, 5) is 24.2. The Morgan fingerprint density at radius 1 is 1.71 bits per heavy atom. The average Bonchev–Trinajstić information content (AvgIpc) is 2.33. The number of hydrogen-bond acceptors (Lipinski definition) is 5. The van der Waals surface area contributed by atoms with E-state index in [-0.39, 0.29) is 11.3 Å². The van der Waals surface area contributed by atoms with Crippen molar-refractivity contribution in [3.8, 4) is 0 Å². The number of carboxylic acid groups (broad SMARTS) is 1. The Balaban J connectivity index is 2.17. The van der Waals surface area contributed by atoms with E-state index >= 15 is 0 Å². The Hall–Kier alpha value is -0.660. The zero-order valence-corrected chi connectivity index (χ0v) is 11.0. The van der Waals surface area contributed by atoms with Gasteiger partial charge in [-0.25, -0.2) is 0 Å². The first-order chi connectivity index (χ1) is 8.06. The standard InChI is InChI=1S/C10H14N2O3S2/c1-2-16-4-5-3-12-8(13)6(11)9(12)17-7(5)10(14)15/h3,6-7,9H,2,4,11H2,1H3,(H,14,15)/t6?,7?,9-/m1/s1. The third-order valence-electron chi connectivity index (χ3n) is 2.74. The number of rotatable bonds is 4. The molecule has 2 unspecified atom stereocenters. The van der Waals surface area contributed by atoms with Crippen molar-refractivity contribution in [1.29, 1.82) is 0 Å². The highest BCUT2D eigenvalue weighted by molar-refractivity contribution is 8.02. The zero-order valence-electron chi connectivity index (χ0n) is 9.33. The molecule has 3 N–H and O–H groups in total. The quantitative estimate of drug-likeness (QED) is 0.718. The zero-order chi connectivity index (χ0) is 12.6. The number of nitrogens with zero attached hydrogens (tertiary/aromatic N) is 1. The van der Waals surface area contributed by atoms with Crippen LogP contribution in [0.1, 0.15) is 6.92 Å². The van der Waals surface area contributed by atoms with Gasteiger partial charge in [-0.3, -0.25) is 9.59 Å². The minimum absolute atomic E-state index is 0.120. The molecule has 5 nitrogen and oxygen atoms in total. The third-order valence-corrected chi connectivity index (χ3v) is 5.26. The summed E-state index contributed by atoms with van der Waals surface area (Å²) in [6.07, 6.45) is 1.67. The van der Waals surface area contributed by atoms with E-state index in [0.717, 1.165) is 11.3 Å². The van der Waals surface area contributed by atoms with Crippen molar-refractivity contribution >= 4 is 35.4 Å². The molecule has 94 valence electrons. The van der Waals surface area contributed by atoms with Crippen LogP contribution in [-0.2, 0) is 9.59 Å². The molecule has 17 heavy (non-hydrogen) atoms. The number of fused-ring (bicyclic) bond motifs is 1. The summed E-state index contributed by atoms with van der Waals surface area (Å²) < 4.78 is 0. The van der Waals surface area contributed by atoms with Crippen LogP contribution in [-0.4, -0.2) is 50.1 Å². The molecule has 1 saturated heterocycles. The number of carboxylic acids is 1. The van der Waals surface area contributed by atoms with Crippen LogP contribution < -0.4 is 5.73 Å². The maximum absolute atomic E-state index is 11.5. The molecule has 2 aliphatic rings. The number of β-lactam (4-membered cyclic amide) rings is 1. The molecule has 0 spiro atoms. The highest BCUT2D eigenvalue weighted by Gasteiger charge is 2.49. The Labute approximate surface area is 108 Å². The molecule has 0 radical (unpaired) electrons. The molecule has 2 aliphatic heterocycles. The Morgan fingerprint density at radius 3 is 3.00 bits per heavy atom. The summed E-state index contributed by atoms with van der Waals surface area (Å²) >= 11 is 2.91. The summed E-state index contributed by atoms with van der Waals surface area (Å²) in [5.74, 6) is 0.590. The molecule has 0 aliphatic carbocycles. The van der Waals surface area contributed by atoms with Crippen molar-refractivity contribution < 1.29 is 14.7 Å². The van der Waals surface area contributed by atoms with Crippen molar-refractivity contribution in [3.05, 3.63) is 11.8 Å². The molecule has 0 bridgehead atoms. The van der Waals surface area contributed by atoms with Gasteiger partial charge in [0.05, 0.1) is 0 Å². The van der Waals surface area contributed by atoms with Crippen LogP contribution in [0.3, 0.4) is 0 Å². The van der Waals surface area contributed by atoms with Crippen LogP contribution in [0.5, 0.6) is 0 Å². The molecule has 2 rings (SSSR count). The highest BCUT2D eigenvalue weighted by Crippen LogP contribution is 2.40. The molecule has 3 atom stereocenters. The third kappa shape index (κ3) is 2.19. The molecular weight excluding hydrogens is 260 g/mol.